The van der Waals surface area contributed by atoms with E-state index in [1.54, 1.807) is 0 Å². The molecule has 0 saturated carbocycles. The molecule has 0 amide bonds. The lowest BCUT2D eigenvalue weighted by Crippen LogP contribution is -2.78. The Balaban J connectivity index is 1.22. The average molecular weight is 900 g/mol. The van der Waals surface area contributed by atoms with E-state index in [0.29, 0.717) is 16.7 Å². The molecule has 8 aromatic rings. The summed E-state index contributed by atoms with van der Waals surface area (Å²) in [5.41, 5.74) is 17.9. The van der Waals surface area contributed by atoms with Gasteiger partial charge in [0.1, 0.15) is 22.6 Å². The van der Waals surface area contributed by atoms with Crippen molar-refractivity contribution in [1.29, 1.82) is 0 Å². The summed E-state index contributed by atoms with van der Waals surface area (Å²) in [6.07, 6.45) is 6.27. The van der Waals surface area contributed by atoms with Crippen LogP contribution in [0.5, 0.6) is 5.75 Å². The zero-order valence-corrected chi connectivity index (χ0v) is 42.5. The van der Waals surface area contributed by atoms with Gasteiger partial charge in [0.05, 0.1) is 11.0 Å². The molecule has 3 aliphatic heterocycles. The monoisotopic (exact) mass is 900 g/mol. The third kappa shape index (κ3) is 6.11. The van der Waals surface area contributed by atoms with Crippen molar-refractivity contribution in [3.63, 3.8) is 0 Å². The molecule has 6 aromatic carbocycles. The van der Waals surface area contributed by atoms with Crippen LogP contribution < -0.4 is 13.9 Å². The van der Waals surface area contributed by atoms with Gasteiger partial charge in [-0.3, -0.25) is 0 Å². The number of benzene rings is 6. The number of aromatic nitrogens is 3. The van der Waals surface area contributed by atoms with Crippen molar-refractivity contribution in [3.8, 4) is 67.5 Å². The fraction of sp³-hybridized carbons (Fsp3) is 0.344. The lowest BCUT2D eigenvalue weighted by atomic mass is 9.68. The van der Waals surface area contributed by atoms with Gasteiger partial charge < -0.3 is 4.74 Å². The highest BCUT2D eigenvalue weighted by Crippen LogP contribution is 2.55. The molecule has 2 aromatic heterocycles. The molecule has 0 bridgehead atoms. The van der Waals surface area contributed by atoms with Gasteiger partial charge in [-0.2, -0.15) is 4.57 Å². The topological polar surface area (TPSA) is 21.9 Å². The molecule has 0 aliphatic carbocycles. The molecule has 4 heteroatoms. The minimum atomic E-state index is -1.20. The standard InChI is InChI=1S/C64H69N3O/c1-14-62(12,15-2)50-24-21-25-51(63(13,16-3)17-4)56(50)43-30-33-52(40(5)36-43)66-53-26-20-23-46-48-38-45(61(9,10)11)39-49-54-37-42(41-28-31-44(32-29-41)60(6,7)8)34-35-65(54)64(57(48)49)67(58(46)53)59(66)47-22-18-19-27-55(47)68-64/h18-39H,14-17H2,1-13H3/q+2/i28D,29D,31D,32D. The lowest BCUT2D eigenvalue weighted by molar-refractivity contribution is -0.997. The molecule has 11 rings (SSSR count). The number of rotatable bonds is 9. The van der Waals surface area contributed by atoms with Gasteiger partial charge in [0, 0.05) is 23.3 Å². The molecule has 68 heavy (non-hydrogen) atoms. The van der Waals surface area contributed by atoms with Crippen LogP contribution in [0.1, 0.15) is 148 Å². The van der Waals surface area contributed by atoms with E-state index in [1.165, 1.54) is 33.4 Å². The van der Waals surface area contributed by atoms with Gasteiger partial charge >= 0.3 is 11.7 Å². The zero-order valence-electron chi connectivity index (χ0n) is 46.5. The first-order valence-corrected chi connectivity index (χ1v) is 25.1. The number of hydrogen-bond acceptors (Lipinski definition) is 1. The number of pyridine rings is 1. The second-order valence-corrected chi connectivity index (χ2v) is 22.5. The van der Waals surface area contributed by atoms with E-state index in [2.05, 4.69) is 180 Å². The summed E-state index contributed by atoms with van der Waals surface area (Å²) in [4.78, 5) is 0. The quantitative estimate of drug-likeness (QED) is 0.132. The summed E-state index contributed by atoms with van der Waals surface area (Å²) in [5.74, 6) is 0.593. The fourth-order valence-electron chi connectivity index (χ4n) is 11.6. The van der Waals surface area contributed by atoms with Crippen molar-refractivity contribution in [2.24, 2.45) is 0 Å². The zero-order chi connectivity index (χ0) is 51.4. The highest BCUT2D eigenvalue weighted by Gasteiger charge is 2.68. The van der Waals surface area contributed by atoms with E-state index < -0.39 is 11.3 Å². The van der Waals surface area contributed by atoms with Crippen LogP contribution in [0.2, 0.25) is 0 Å². The third-order valence-electron chi connectivity index (χ3n) is 16.6. The van der Waals surface area contributed by atoms with Crippen LogP contribution in [0.4, 0.5) is 0 Å². The summed E-state index contributed by atoms with van der Waals surface area (Å²) >= 11 is 0. The molecule has 344 valence electrons. The minimum absolute atomic E-state index is 0.000827. The second kappa shape index (κ2) is 15.1. The number of para-hydroxylation sites is 2. The molecule has 3 aliphatic rings. The van der Waals surface area contributed by atoms with Gasteiger partial charge in [-0.15, -0.1) is 9.13 Å². The van der Waals surface area contributed by atoms with Gasteiger partial charge in [-0.05, 0) is 153 Å². The number of aryl methyl sites for hydroxylation is 1. The van der Waals surface area contributed by atoms with Crippen LogP contribution in [0.25, 0.3) is 72.7 Å². The highest BCUT2D eigenvalue weighted by atomic mass is 16.5. The molecule has 0 saturated heterocycles. The Morgan fingerprint density at radius 1 is 0.588 bits per heavy atom. The van der Waals surface area contributed by atoms with Crippen LogP contribution >= 0.6 is 0 Å². The Bertz CT molecular complexity index is 3550. The highest BCUT2D eigenvalue weighted by molar-refractivity contribution is 5.98. The number of ether oxygens (including phenoxy) is 1. The smallest absolute Gasteiger partial charge is 0.392 e. The summed E-state index contributed by atoms with van der Waals surface area (Å²) in [6, 6.07) is 38.0. The summed E-state index contributed by atoms with van der Waals surface area (Å²) in [5, 5.41) is 0. The molecule has 4 nitrogen and oxygen atoms in total. The molecule has 1 spiro atoms. The average Bonchev–Trinajstić information content (AvgIpc) is 3.85. The Morgan fingerprint density at radius 3 is 1.84 bits per heavy atom. The van der Waals surface area contributed by atoms with E-state index in [1.807, 2.05) is 33.0 Å². The van der Waals surface area contributed by atoms with E-state index >= 15 is 0 Å². The van der Waals surface area contributed by atoms with Crippen LogP contribution in [0, 0.1) is 6.92 Å². The third-order valence-corrected chi connectivity index (χ3v) is 16.6. The van der Waals surface area contributed by atoms with Gasteiger partial charge in [-0.1, -0.05) is 150 Å². The number of fused-ring (bicyclic) bond motifs is 5. The van der Waals surface area contributed by atoms with E-state index in [-0.39, 0.29) is 40.4 Å². The van der Waals surface area contributed by atoms with Crippen molar-refractivity contribution in [2.75, 3.05) is 0 Å². The summed E-state index contributed by atoms with van der Waals surface area (Å²) in [6.45, 7) is 29.1. The van der Waals surface area contributed by atoms with Gasteiger partial charge in [0.25, 0.3) is 0 Å². The van der Waals surface area contributed by atoms with Crippen molar-refractivity contribution >= 4 is 11.0 Å². The largest absolute Gasteiger partial charge is 0.499 e. The number of imidazole rings is 1. The Kier molecular flexibility index (Phi) is 8.83. The first-order valence-electron chi connectivity index (χ1n) is 27.1. The van der Waals surface area contributed by atoms with Gasteiger partial charge in [0.15, 0.2) is 17.2 Å². The second-order valence-electron chi connectivity index (χ2n) is 22.5. The molecule has 1 atom stereocenters. The Labute approximate surface area is 410 Å². The first kappa shape index (κ1) is 39.7. The predicted octanol–water partition coefficient (Wildman–Crippen LogP) is 15.8. The number of hydrogen-bond donors (Lipinski definition) is 0. The normalized spacial score (nSPS) is 16.7. The number of nitrogens with zero attached hydrogens (tertiary/aromatic N) is 3. The molecule has 5 heterocycles. The molecule has 0 radical (unpaired) electrons. The molecular weight excluding hydrogens is 827 g/mol. The summed E-state index contributed by atoms with van der Waals surface area (Å²) in [7, 11) is 0. The van der Waals surface area contributed by atoms with Crippen molar-refractivity contribution in [2.45, 2.75) is 143 Å². The first-order chi connectivity index (χ1) is 34.1. The maximum absolute atomic E-state index is 9.37. The van der Waals surface area contributed by atoms with Crippen molar-refractivity contribution in [1.82, 2.24) is 4.57 Å². The van der Waals surface area contributed by atoms with Crippen LogP contribution in [-0.4, -0.2) is 4.57 Å². The van der Waals surface area contributed by atoms with Crippen LogP contribution in [0.15, 0.2) is 133 Å². The molecular formula is C64H69N3O+2. The van der Waals surface area contributed by atoms with Crippen molar-refractivity contribution < 1.29 is 19.4 Å². The molecule has 0 N–H and O–H groups in total. The van der Waals surface area contributed by atoms with Gasteiger partial charge in [-0.25, -0.2) is 0 Å². The minimum Gasteiger partial charge on any atom is -0.392 e. The Hall–Kier alpha value is -6.26. The fourth-order valence-corrected chi connectivity index (χ4v) is 11.6. The molecule has 1 unspecified atom stereocenters. The summed E-state index contributed by atoms with van der Waals surface area (Å²) < 4.78 is 51.9. The maximum Gasteiger partial charge on any atom is 0.499 e. The predicted molar refractivity (Wildman–Crippen MR) is 282 cm³/mol. The lowest BCUT2D eigenvalue weighted by Gasteiger charge is -2.36. The Morgan fingerprint density at radius 2 is 1.21 bits per heavy atom. The van der Waals surface area contributed by atoms with Crippen LogP contribution in [-0.2, 0) is 27.5 Å². The SMILES string of the molecule is [2H]c1c([2H])c(C(C)(C)C)c([2H])c([2H])c1-c1cc[n+]2c(c1)-c1cc(C(C)(C)C)cc3c1C21Oc2ccccc2-c2n(-c4ccc(-c5c(C(C)(CC)CC)cccc5C(C)(CC)CC)cc4C)c4cccc-3c4[n+]21. The van der Waals surface area contributed by atoms with Gasteiger partial charge in [0.2, 0.25) is 5.69 Å². The maximum atomic E-state index is 9.37. The van der Waals surface area contributed by atoms with E-state index in [4.69, 9.17) is 7.48 Å². The van der Waals surface area contributed by atoms with E-state index in [0.717, 1.165) is 87.5 Å². The van der Waals surface area contributed by atoms with Crippen LogP contribution in [0.3, 0.4) is 0 Å². The van der Waals surface area contributed by atoms with E-state index in [9.17, 15) is 2.74 Å². The van der Waals surface area contributed by atoms with Crippen molar-refractivity contribution in [3.05, 3.63) is 167 Å². The molecule has 0 fully saturated rings.